The lowest BCUT2D eigenvalue weighted by atomic mass is 9.86. The zero-order valence-electron chi connectivity index (χ0n) is 26.8. The number of anilines is 3. The third kappa shape index (κ3) is 7.52. The molecule has 4 aromatic rings. The Bertz CT molecular complexity index is 1590. The maximum Gasteiger partial charge on any atom is 0.0478 e. The molecule has 226 valence electrons. The molecule has 4 aromatic carbocycles. The fourth-order valence-electron chi connectivity index (χ4n) is 6.08. The summed E-state index contributed by atoms with van der Waals surface area (Å²) in [4.78, 5) is 4.56. The van der Waals surface area contributed by atoms with E-state index in [2.05, 4.69) is 146 Å². The van der Waals surface area contributed by atoms with Crippen molar-refractivity contribution < 1.29 is 0 Å². The highest BCUT2D eigenvalue weighted by Gasteiger charge is 2.23. The van der Waals surface area contributed by atoms with Crippen LogP contribution in [0.1, 0.15) is 62.1 Å². The van der Waals surface area contributed by atoms with Crippen molar-refractivity contribution in [2.75, 3.05) is 29.2 Å². The van der Waals surface area contributed by atoms with E-state index in [-0.39, 0.29) is 0 Å². The molecule has 5 rings (SSSR count). The van der Waals surface area contributed by atoms with Gasteiger partial charge in [-0.05, 0) is 95.0 Å². The van der Waals surface area contributed by atoms with Crippen LogP contribution >= 0.6 is 0 Å². The molecular formula is C41H47N3. The van der Waals surface area contributed by atoms with Crippen LogP contribution in [0, 0.1) is 5.92 Å². The molecule has 3 heteroatoms. The highest BCUT2D eigenvalue weighted by atomic mass is 15.1. The smallest absolute Gasteiger partial charge is 0.0478 e. The molecule has 0 aromatic heterocycles. The number of hydrogen-bond acceptors (Lipinski definition) is 3. The standard InChI is InChI=1S/C41H47N3/c1-7-30(2)37-15-11-17-39(27-37)42-31(3)38-16-12-18-41(28-38)44(32(4)34-13-9-8-10-14-34)29-33-19-21-35(22-20-33)36-23-25-40(26-24-36)43(5)6/h11-12,15-28,34,42H,2-4,7-10,13-14,29H2,1,5-6H3. The molecule has 0 unspecified atom stereocenters. The monoisotopic (exact) mass is 581 g/mol. The second kappa shape index (κ2) is 14.3. The molecule has 44 heavy (non-hydrogen) atoms. The Balaban J connectivity index is 1.38. The van der Waals surface area contributed by atoms with Crippen molar-refractivity contribution >= 4 is 28.3 Å². The molecule has 0 aliphatic heterocycles. The van der Waals surface area contributed by atoms with Crippen LogP contribution in [0.2, 0.25) is 0 Å². The number of nitrogens with zero attached hydrogens (tertiary/aromatic N) is 2. The van der Waals surface area contributed by atoms with E-state index in [4.69, 9.17) is 6.58 Å². The summed E-state index contributed by atoms with van der Waals surface area (Å²) >= 11 is 0. The van der Waals surface area contributed by atoms with Crippen LogP contribution in [0.4, 0.5) is 17.1 Å². The van der Waals surface area contributed by atoms with Gasteiger partial charge in [0.05, 0.1) is 0 Å². The van der Waals surface area contributed by atoms with Crippen LogP contribution in [-0.4, -0.2) is 14.1 Å². The van der Waals surface area contributed by atoms with Crippen LogP contribution in [0.15, 0.2) is 122 Å². The summed E-state index contributed by atoms with van der Waals surface area (Å²) in [7, 11) is 4.14. The largest absolute Gasteiger partial charge is 0.378 e. The fourth-order valence-corrected chi connectivity index (χ4v) is 6.08. The number of nitrogens with one attached hydrogen (secondary N) is 1. The number of allylic oxidation sites excluding steroid dienone is 2. The molecule has 0 radical (unpaired) electrons. The first kappa shape index (κ1) is 30.9. The van der Waals surface area contributed by atoms with Crippen molar-refractivity contribution in [2.24, 2.45) is 5.92 Å². The molecule has 1 saturated carbocycles. The van der Waals surface area contributed by atoms with E-state index >= 15 is 0 Å². The molecular weight excluding hydrogens is 534 g/mol. The SMILES string of the molecule is C=C(CC)c1cccc(NC(=C)c2cccc(N(Cc3ccc(-c4ccc(N(C)C)cc4)cc3)C(=C)C3CCCCC3)c2)c1. The average Bonchev–Trinajstić information content (AvgIpc) is 3.07. The van der Waals surface area contributed by atoms with Gasteiger partial charge in [0.25, 0.3) is 0 Å². The highest BCUT2D eigenvalue weighted by Crippen LogP contribution is 2.35. The fraction of sp³-hybridized carbons (Fsp3) is 0.268. The van der Waals surface area contributed by atoms with Gasteiger partial charge in [-0.2, -0.15) is 0 Å². The summed E-state index contributed by atoms with van der Waals surface area (Å²) in [6.07, 6.45) is 7.25. The van der Waals surface area contributed by atoms with Crippen molar-refractivity contribution in [3.63, 3.8) is 0 Å². The minimum absolute atomic E-state index is 0.512. The quantitative estimate of drug-likeness (QED) is 0.179. The predicted molar refractivity (Wildman–Crippen MR) is 193 cm³/mol. The van der Waals surface area contributed by atoms with Gasteiger partial charge in [-0.1, -0.05) is 107 Å². The summed E-state index contributed by atoms with van der Waals surface area (Å²) in [5, 5.41) is 3.54. The van der Waals surface area contributed by atoms with Crippen molar-refractivity contribution in [3.05, 3.63) is 139 Å². The summed E-state index contributed by atoms with van der Waals surface area (Å²) < 4.78 is 0. The van der Waals surface area contributed by atoms with E-state index in [0.717, 1.165) is 46.7 Å². The van der Waals surface area contributed by atoms with Gasteiger partial charge in [0.15, 0.2) is 0 Å². The second-order valence-corrected chi connectivity index (χ2v) is 12.2. The van der Waals surface area contributed by atoms with Crippen LogP contribution in [0.5, 0.6) is 0 Å². The van der Waals surface area contributed by atoms with Gasteiger partial charge in [0, 0.05) is 49.1 Å². The molecule has 0 amide bonds. The van der Waals surface area contributed by atoms with E-state index in [1.54, 1.807) is 0 Å². The molecule has 0 heterocycles. The topological polar surface area (TPSA) is 18.5 Å². The van der Waals surface area contributed by atoms with E-state index in [1.807, 2.05) is 0 Å². The van der Waals surface area contributed by atoms with Gasteiger partial charge in [0.2, 0.25) is 0 Å². The molecule has 3 nitrogen and oxygen atoms in total. The van der Waals surface area contributed by atoms with Crippen molar-refractivity contribution in [3.8, 4) is 11.1 Å². The lowest BCUT2D eigenvalue weighted by Crippen LogP contribution is -2.27. The van der Waals surface area contributed by atoms with Crippen LogP contribution in [-0.2, 0) is 6.54 Å². The molecule has 1 aliphatic carbocycles. The Morgan fingerprint density at radius 2 is 1.36 bits per heavy atom. The molecule has 0 spiro atoms. The van der Waals surface area contributed by atoms with E-state index in [1.165, 1.54) is 60.2 Å². The zero-order chi connectivity index (χ0) is 31.1. The van der Waals surface area contributed by atoms with Gasteiger partial charge in [-0.25, -0.2) is 0 Å². The Morgan fingerprint density at radius 1 is 0.727 bits per heavy atom. The van der Waals surface area contributed by atoms with Crippen LogP contribution in [0.25, 0.3) is 22.4 Å². The lowest BCUT2D eigenvalue weighted by molar-refractivity contribution is 0.396. The first-order valence-corrected chi connectivity index (χ1v) is 16.0. The molecule has 0 atom stereocenters. The normalized spacial score (nSPS) is 13.2. The maximum absolute atomic E-state index is 4.69. The van der Waals surface area contributed by atoms with Crippen LogP contribution < -0.4 is 15.1 Å². The first-order valence-electron chi connectivity index (χ1n) is 16.0. The Labute approximate surface area is 265 Å². The lowest BCUT2D eigenvalue weighted by Gasteiger charge is -2.34. The second-order valence-electron chi connectivity index (χ2n) is 12.2. The van der Waals surface area contributed by atoms with Crippen molar-refractivity contribution in [1.29, 1.82) is 0 Å². The van der Waals surface area contributed by atoms with Crippen molar-refractivity contribution in [2.45, 2.75) is 52.0 Å². The molecule has 1 N–H and O–H groups in total. The third-order valence-electron chi connectivity index (χ3n) is 8.93. The molecule has 1 fully saturated rings. The van der Waals surface area contributed by atoms with Crippen molar-refractivity contribution in [1.82, 2.24) is 0 Å². The predicted octanol–water partition coefficient (Wildman–Crippen LogP) is 11.0. The van der Waals surface area contributed by atoms with E-state index in [9.17, 15) is 0 Å². The summed E-state index contributed by atoms with van der Waals surface area (Å²) in [5.41, 5.74) is 12.6. The molecule has 0 bridgehead atoms. The minimum atomic E-state index is 0.512. The Kier molecular flexibility index (Phi) is 10.1. The maximum atomic E-state index is 4.69. The van der Waals surface area contributed by atoms with E-state index in [0.29, 0.717) is 5.92 Å². The summed E-state index contributed by atoms with van der Waals surface area (Å²) in [6, 6.07) is 34.9. The molecule has 1 aliphatic rings. The highest BCUT2D eigenvalue weighted by molar-refractivity contribution is 5.79. The average molecular weight is 582 g/mol. The van der Waals surface area contributed by atoms with Crippen LogP contribution in [0.3, 0.4) is 0 Å². The Morgan fingerprint density at radius 3 is 2.02 bits per heavy atom. The Hall–Kier alpha value is -4.50. The van der Waals surface area contributed by atoms with E-state index < -0.39 is 0 Å². The molecule has 0 saturated heterocycles. The van der Waals surface area contributed by atoms with Gasteiger partial charge in [-0.3, -0.25) is 0 Å². The summed E-state index contributed by atoms with van der Waals surface area (Å²) in [5.74, 6) is 0.512. The third-order valence-corrected chi connectivity index (χ3v) is 8.93. The number of benzene rings is 4. The van der Waals surface area contributed by atoms with Gasteiger partial charge < -0.3 is 15.1 Å². The van der Waals surface area contributed by atoms with Gasteiger partial charge in [0.1, 0.15) is 0 Å². The number of hydrogen-bond donors (Lipinski definition) is 1. The zero-order valence-corrected chi connectivity index (χ0v) is 26.8. The summed E-state index contributed by atoms with van der Waals surface area (Å²) in [6.45, 7) is 16.2. The first-order chi connectivity index (χ1) is 21.3. The van der Waals surface area contributed by atoms with Gasteiger partial charge in [-0.15, -0.1) is 0 Å². The van der Waals surface area contributed by atoms with Gasteiger partial charge >= 0.3 is 0 Å². The minimum Gasteiger partial charge on any atom is -0.378 e. The number of rotatable bonds is 12.